The Morgan fingerprint density at radius 1 is 0.950 bits per heavy atom. The maximum absolute atomic E-state index is 5.98. The molecule has 0 amide bonds. The molecule has 106 valence electrons. The second-order valence-electron chi connectivity index (χ2n) is 4.17. The third-order valence-electron chi connectivity index (χ3n) is 2.51. The molecule has 0 radical (unpaired) electrons. The highest BCUT2D eigenvalue weighted by Gasteiger charge is 2.02. The molecule has 2 nitrogen and oxygen atoms in total. The Bertz CT molecular complexity index is 540. The zero-order valence-corrected chi connectivity index (χ0v) is 13.1. The van der Waals surface area contributed by atoms with Crippen molar-refractivity contribution >= 4 is 35.0 Å². The second kappa shape index (κ2) is 7.79. The van der Waals surface area contributed by atoms with E-state index in [0.717, 1.165) is 22.0 Å². The average Bonchev–Trinajstić information content (AvgIpc) is 2.40. The fraction of sp³-hybridized carbons (Fsp3) is 0.200. The predicted molar refractivity (Wildman–Crippen MR) is 86.2 cm³/mol. The second-order valence-corrected chi connectivity index (χ2v) is 6.19. The zero-order valence-electron chi connectivity index (χ0n) is 10.8. The van der Waals surface area contributed by atoms with Crippen molar-refractivity contribution in [3.05, 3.63) is 52.5 Å². The Kier molecular flexibility index (Phi) is 6.05. The van der Waals surface area contributed by atoms with Crippen molar-refractivity contribution in [3.8, 4) is 5.75 Å². The molecule has 2 aromatic rings. The molecule has 2 rings (SSSR count). The third kappa shape index (κ3) is 4.91. The van der Waals surface area contributed by atoms with Crippen LogP contribution in [0.15, 0.2) is 52.3 Å². The molecule has 0 heterocycles. The van der Waals surface area contributed by atoms with E-state index in [4.69, 9.17) is 33.7 Å². The Morgan fingerprint density at radius 2 is 1.60 bits per heavy atom. The molecule has 0 fully saturated rings. The smallest absolute Gasteiger partial charge is 0.119 e. The summed E-state index contributed by atoms with van der Waals surface area (Å²) in [5.41, 5.74) is 5.42. The monoisotopic (exact) mass is 327 g/mol. The number of hydrogen-bond acceptors (Lipinski definition) is 3. The predicted octanol–water partition coefficient (Wildman–Crippen LogP) is 4.87. The Balaban J connectivity index is 1.99. The lowest BCUT2D eigenvalue weighted by Crippen LogP contribution is -2.05. The van der Waals surface area contributed by atoms with E-state index in [1.165, 1.54) is 0 Å². The molecule has 0 aromatic heterocycles. The highest BCUT2D eigenvalue weighted by molar-refractivity contribution is 7.99. The van der Waals surface area contributed by atoms with Gasteiger partial charge in [0, 0.05) is 19.8 Å². The van der Waals surface area contributed by atoms with Crippen molar-refractivity contribution in [3.63, 3.8) is 0 Å². The molecule has 0 atom stereocenters. The van der Waals surface area contributed by atoms with Crippen LogP contribution in [0.25, 0.3) is 0 Å². The van der Waals surface area contributed by atoms with E-state index in [0.29, 0.717) is 23.2 Å². The fourth-order valence-electron chi connectivity index (χ4n) is 1.60. The molecule has 0 saturated heterocycles. The third-order valence-corrected chi connectivity index (χ3v) is 3.93. The molecule has 0 unspecified atom stereocenters. The minimum atomic E-state index is 0.640. The molecule has 0 aliphatic rings. The van der Waals surface area contributed by atoms with Gasteiger partial charge in [0.1, 0.15) is 5.75 Å². The number of nitrogens with two attached hydrogens (primary N) is 1. The molecule has 0 spiro atoms. The van der Waals surface area contributed by atoms with E-state index in [2.05, 4.69) is 0 Å². The van der Waals surface area contributed by atoms with Gasteiger partial charge in [0.05, 0.1) is 6.61 Å². The summed E-state index contributed by atoms with van der Waals surface area (Å²) in [7, 11) is 0. The van der Waals surface area contributed by atoms with E-state index in [1.54, 1.807) is 17.8 Å². The summed E-state index contributed by atoms with van der Waals surface area (Å²) in [5, 5.41) is 1.28. The number of rotatable bonds is 6. The Morgan fingerprint density at radius 3 is 2.20 bits per heavy atom. The van der Waals surface area contributed by atoms with Crippen molar-refractivity contribution in [2.24, 2.45) is 5.73 Å². The van der Waals surface area contributed by atoms with Gasteiger partial charge in [-0.3, -0.25) is 0 Å². The lowest BCUT2D eigenvalue weighted by atomic mass is 10.3. The van der Waals surface area contributed by atoms with Gasteiger partial charge in [0.15, 0.2) is 0 Å². The summed E-state index contributed by atoms with van der Waals surface area (Å²) in [4.78, 5) is 2.12. The molecule has 0 aliphatic carbocycles. The molecule has 0 saturated carbocycles. The van der Waals surface area contributed by atoms with Crippen molar-refractivity contribution < 1.29 is 4.74 Å². The first kappa shape index (κ1) is 15.5. The van der Waals surface area contributed by atoms with Crippen molar-refractivity contribution in [2.75, 3.05) is 13.2 Å². The lowest BCUT2D eigenvalue weighted by Gasteiger charge is -2.07. The molecule has 20 heavy (non-hydrogen) atoms. The van der Waals surface area contributed by atoms with E-state index in [-0.39, 0.29) is 0 Å². The number of benzene rings is 2. The molecular formula is C15H15Cl2NOS. The summed E-state index contributed by atoms with van der Waals surface area (Å²) in [6.45, 7) is 1.29. The van der Waals surface area contributed by atoms with Gasteiger partial charge in [0.2, 0.25) is 0 Å². The molecule has 0 aliphatic heterocycles. The number of hydrogen-bond donors (Lipinski definition) is 1. The Hall–Kier alpha value is -0.870. The van der Waals surface area contributed by atoms with Gasteiger partial charge in [-0.05, 0) is 55.4 Å². The van der Waals surface area contributed by atoms with Crippen LogP contribution in [0.5, 0.6) is 5.75 Å². The maximum Gasteiger partial charge on any atom is 0.119 e. The molecule has 2 N–H and O–H groups in total. The fourth-order valence-corrected chi connectivity index (χ4v) is 3.17. The summed E-state index contributed by atoms with van der Waals surface area (Å²) >= 11 is 13.6. The van der Waals surface area contributed by atoms with Crippen LogP contribution in [0.4, 0.5) is 0 Å². The largest absolute Gasteiger partial charge is 0.494 e. The van der Waals surface area contributed by atoms with Crippen molar-refractivity contribution in [2.45, 2.75) is 16.2 Å². The minimum Gasteiger partial charge on any atom is -0.494 e. The summed E-state index contributed by atoms with van der Waals surface area (Å²) in [6.07, 6.45) is 0.859. The van der Waals surface area contributed by atoms with Crippen molar-refractivity contribution in [1.29, 1.82) is 0 Å². The van der Waals surface area contributed by atoms with Gasteiger partial charge in [-0.1, -0.05) is 35.0 Å². The van der Waals surface area contributed by atoms with Crippen LogP contribution >= 0.6 is 35.0 Å². The quantitative estimate of drug-likeness (QED) is 0.768. The highest BCUT2D eigenvalue weighted by Crippen LogP contribution is 2.32. The van der Waals surface area contributed by atoms with E-state index in [9.17, 15) is 0 Å². The summed E-state index contributed by atoms with van der Waals surface area (Å²) in [5.74, 6) is 0.854. The highest BCUT2D eigenvalue weighted by atomic mass is 35.5. The van der Waals surface area contributed by atoms with Crippen LogP contribution in [0.1, 0.15) is 6.42 Å². The van der Waals surface area contributed by atoms with Gasteiger partial charge in [-0.25, -0.2) is 0 Å². The van der Waals surface area contributed by atoms with Crippen LogP contribution in [0, 0.1) is 0 Å². The topological polar surface area (TPSA) is 35.2 Å². The molecule has 2 aromatic carbocycles. The summed E-state index contributed by atoms with van der Waals surface area (Å²) < 4.78 is 5.56. The lowest BCUT2D eigenvalue weighted by molar-refractivity contribution is 0.313. The van der Waals surface area contributed by atoms with E-state index in [1.807, 2.05) is 36.4 Å². The standard InChI is InChI=1S/C15H15Cl2NOS/c16-11-8-12(17)10-15(9-11)20-14-4-2-13(3-5-14)19-7-1-6-18/h2-5,8-10H,1,6-7,18H2. The number of ether oxygens (including phenoxy) is 1. The average molecular weight is 328 g/mol. The SMILES string of the molecule is NCCCOc1ccc(Sc2cc(Cl)cc(Cl)c2)cc1. The first-order valence-electron chi connectivity index (χ1n) is 6.24. The van der Waals surface area contributed by atoms with Gasteiger partial charge < -0.3 is 10.5 Å². The van der Waals surface area contributed by atoms with Crippen LogP contribution in [0.3, 0.4) is 0 Å². The van der Waals surface area contributed by atoms with Gasteiger partial charge in [-0.15, -0.1) is 0 Å². The normalized spacial score (nSPS) is 10.6. The first-order valence-corrected chi connectivity index (χ1v) is 7.81. The van der Waals surface area contributed by atoms with Crippen LogP contribution < -0.4 is 10.5 Å². The zero-order chi connectivity index (χ0) is 14.4. The van der Waals surface area contributed by atoms with Crippen molar-refractivity contribution in [1.82, 2.24) is 0 Å². The van der Waals surface area contributed by atoms with Gasteiger partial charge in [-0.2, -0.15) is 0 Å². The molecule has 0 bridgehead atoms. The minimum absolute atomic E-state index is 0.640. The van der Waals surface area contributed by atoms with Gasteiger partial charge in [0.25, 0.3) is 0 Å². The van der Waals surface area contributed by atoms with Crippen LogP contribution in [0.2, 0.25) is 10.0 Å². The maximum atomic E-state index is 5.98. The first-order chi connectivity index (χ1) is 9.67. The van der Waals surface area contributed by atoms with Gasteiger partial charge >= 0.3 is 0 Å². The molecule has 5 heteroatoms. The van der Waals surface area contributed by atoms with E-state index < -0.39 is 0 Å². The summed E-state index contributed by atoms with van der Waals surface area (Å²) in [6, 6.07) is 13.4. The Labute approximate surface area is 133 Å². The number of halogens is 2. The van der Waals surface area contributed by atoms with Crippen LogP contribution in [-0.2, 0) is 0 Å². The van der Waals surface area contributed by atoms with E-state index >= 15 is 0 Å². The van der Waals surface area contributed by atoms with Crippen LogP contribution in [-0.4, -0.2) is 13.2 Å². The molecular weight excluding hydrogens is 313 g/mol.